The first-order chi connectivity index (χ1) is 17.3. The number of rotatable bonds is 5. The van der Waals surface area contributed by atoms with Gasteiger partial charge in [0.15, 0.2) is 11.5 Å². The van der Waals surface area contributed by atoms with E-state index in [1.807, 2.05) is 6.07 Å². The topological polar surface area (TPSA) is 138 Å². The fourth-order valence-corrected chi connectivity index (χ4v) is 7.60. The molecule has 1 aromatic heterocycles. The van der Waals surface area contributed by atoms with Gasteiger partial charge in [0.05, 0.1) is 22.0 Å². The maximum Gasteiger partial charge on any atom is 0.300 e. The van der Waals surface area contributed by atoms with Crippen LogP contribution in [0.15, 0.2) is 30.6 Å². The van der Waals surface area contributed by atoms with E-state index in [1.54, 1.807) is 6.07 Å². The molecule has 1 spiro atoms. The zero-order valence-electron chi connectivity index (χ0n) is 19.7. The van der Waals surface area contributed by atoms with Gasteiger partial charge in [-0.05, 0) is 68.7 Å². The highest BCUT2D eigenvalue weighted by Gasteiger charge is 2.73. The normalized spacial score (nSPS) is 34.0. The number of nitrogens with zero attached hydrogens (tertiary/aromatic N) is 3. The summed E-state index contributed by atoms with van der Waals surface area (Å²) in [6, 6.07) is 4.39. The number of phenolic OH excluding ortho intramolecular Hbond substituents is 1. The molecule has 2 saturated carbocycles. The number of phenols is 1. The molecule has 2 aliphatic heterocycles. The average molecular weight is 493 g/mol. The molecule has 5 atom stereocenters. The molecule has 36 heavy (non-hydrogen) atoms. The van der Waals surface area contributed by atoms with Crippen molar-refractivity contribution in [2.75, 3.05) is 13.1 Å². The van der Waals surface area contributed by atoms with E-state index in [-0.39, 0.29) is 23.0 Å². The lowest BCUT2D eigenvalue weighted by Gasteiger charge is -2.64. The van der Waals surface area contributed by atoms with Crippen LogP contribution < -0.4 is 10.1 Å². The third-order valence-corrected chi connectivity index (χ3v) is 9.32. The second-order valence-electron chi connectivity index (χ2n) is 11.1. The van der Waals surface area contributed by atoms with Gasteiger partial charge in [-0.15, -0.1) is 0 Å². The molecule has 3 N–H and O–H groups in total. The van der Waals surface area contributed by atoms with E-state index in [0.717, 1.165) is 30.4 Å². The summed E-state index contributed by atoms with van der Waals surface area (Å²) in [5, 5.41) is 37.7. The molecular formula is C26H28N4O6. The largest absolute Gasteiger partial charge is 0.504 e. The van der Waals surface area contributed by atoms with Gasteiger partial charge < -0.3 is 20.3 Å². The van der Waals surface area contributed by atoms with Crippen molar-refractivity contribution in [2.24, 2.45) is 5.92 Å². The minimum atomic E-state index is -1.05. The number of aromatic nitrogens is 1. The summed E-state index contributed by atoms with van der Waals surface area (Å²) in [7, 11) is 0. The number of ether oxygens (including phenoxy) is 1. The third kappa shape index (κ3) is 2.79. The van der Waals surface area contributed by atoms with Crippen molar-refractivity contribution in [3.8, 4) is 11.5 Å². The van der Waals surface area contributed by atoms with Crippen LogP contribution in [-0.2, 0) is 11.8 Å². The molecule has 1 saturated heterocycles. The fraction of sp³-hybridized carbons (Fsp3) is 0.538. The Labute approximate surface area is 207 Å². The van der Waals surface area contributed by atoms with Crippen molar-refractivity contribution in [1.29, 1.82) is 0 Å². The van der Waals surface area contributed by atoms with Gasteiger partial charge in [-0.1, -0.05) is 6.07 Å². The lowest BCUT2D eigenvalue weighted by Crippen LogP contribution is -2.78. The maximum absolute atomic E-state index is 13.2. The Bertz CT molecular complexity index is 1300. The predicted octanol–water partition coefficient (Wildman–Crippen LogP) is 2.06. The van der Waals surface area contributed by atoms with E-state index >= 15 is 0 Å². The maximum atomic E-state index is 13.2. The molecule has 7 rings (SSSR count). The number of nitro groups is 1. The fourth-order valence-electron chi connectivity index (χ4n) is 7.60. The molecule has 1 amide bonds. The average Bonchev–Trinajstić information content (AvgIpc) is 3.60. The Balaban J connectivity index is 1.29. The van der Waals surface area contributed by atoms with Gasteiger partial charge in [0.25, 0.3) is 11.6 Å². The molecule has 1 aromatic carbocycles. The van der Waals surface area contributed by atoms with Crippen molar-refractivity contribution in [2.45, 2.75) is 67.7 Å². The summed E-state index contributed by atoms with van der Waals surface area (Å²) in [5.74, 6) is 0.565. The second-order valence-corrected chi connectivity index (χ2v) is 11.1. The number of carbonyl (C=O) groups is 1. The smallest absolute Gasteiger partial charge is 0.300 e. The molecular weight excluding hydrogens is 464 g/mol. The van der Waals surface area contributed by atoms with Crippen molar-refractivity contribution in [3.63, 3.8) is 0 Å². The Morgan fingerprint density at radius 2 is 2.11 bits per heavy atom. The van der Waals surface area contributed by atoms with Crippen molar-refractivity contribution in [3.05, 3.63) is 57.4 Å². The first-order valence-electron chi connectivity index (χ1n) is 12.7. The van der Waals surface area contributed by atoms with E-state index < -0.39 is 34.0 Å². The van der Waals surface area contributed by atoms with E-state index in [4.69, 9.17) is 4.74 Å². The van der Waals surface area contributed by atoms with Crippen LogP contribution in [0.25, 0.3) is 0 Å². The van der Waals surface area contributed by atoms with Crippen LogP contribution in [0.4, 0.5) is 5.69 Å². The number of nitrogens with one attached hydrogen (secondary N) is 1. The molecule has 2 aromatic rings. The SMILES string of the molecule is O=C(N[C@@H]1CC[C@@]2(O)[C@H]3Cc4ccc(O)c5c4[C@@]2(CCN3CC2CC2)[C@H]1O5)c1ccncc1[N+](=O)[O-]. The molecule has 188 valence electrons. The Morgan fingerprint density at radius 3 is 2.89 bits per heavy atom. The summed E-state index contributed by atoms with van der Waals surface area (Å²) in [6.07, 6.45) is 6.60. The first kappa shape index (κ1) is 22.0. The zero-order chi connectivity index (χ0) is 24.8. The van der Waals surface area contributed by atoms with Gasteiger partial charge in [0.2, 0.25) is 0 Å². The highest BCUT2D eigenvalue weighted by atomic mass is 16.6. The van der Waals surface area contributed by atoms with Crippen LogP contribution in [0.1, 0.15) is 53.6 Å². The van der Waals surface area contributed by atoms with Crippen molar-refractivity contribution < 1.29 is 24.7 Å². The van der Waals surface area contributed by atoms with Crippen LogP contribution in [-0.4, -0.2) is 67.8 Å². The van der Waals surface area contributed by atoms with Crippen LogP contribution >= 0.6 is 0 Å². The van der Waals surface area contributed by atoms with Crippen LogP contribution in [0.5, 0.6) is 11.5 Å². The van der Waals surface area contributed by atoms with Gasteiger partial charge in [-0.3, -0.25) is 24.8 Å². The molecule has 3 heterocycles. The number of hydrogen-bond donors (Lipinski definition) is 3. The number of hydrogen-bond acceptors (Lipinski definition) is 8. The van der Waals surface area contributed by atoms with Gasteiger partial charge >= 0.3 is 0 Å². The van der Waals surface area contributed by atoms with Gasteiger partial charge in [-0.25, -0.2) is 0 Å². The number of aliphatic hydroxyl groups is 1. The standard InChI is InChI=1S/C26H28N4O6/c31-19-4-3-15-11-20-26(33)7-5-17(28-24(32)16-6-9-27-12-18(16)30(34)35)23-25(26,21(15)22(19)36-23)8-10-29(20)13-14-1-2-14/h3-4,6,9,12,14,17,20,23,31,33H,1-2,5,7-8,10-11,13H2,(H,28,32)/t17-,20-,23+,25+,26-/m1/s1. The Morgan fingerprint density at radius 1 is 1.28 bits per heavy atom. The quantitative estimate of drug-likeness (QED) is 0.426. The molecule has 0 unspecified atom stereocenters. The summed E-state index contributed by atoms with van der Waals surface area (Å²) >= 11 is 0. The third-order valence-electron chi connectivity index (χ3n) is 9.32. The number of aromatic hydroxyl groups is 1. The number of benzene rings is 1. The minimum absolute atomic E-state index is 0.0357. The highest BCUT2D eigenvalue weighted by Crippen LogP contribution is 2.65. The lowest BCUT2D eigenvalue weighted by atomic mass is 9.48. The molecule has 10 nitrogen and oxygen atoms in total. The summed E-state index contributed by atoms with van der Waals surface area (Å²) in [5.41, 5.74) is -0.279. The molecule has 0 radical (unpaired) electrons. The lowest BCUT2D eigenvalue weighted by molar-refractivity contribution is -0.385. The Kier molecular flexibility index (Phi) is 4.52. The monoisotopic (exact) mass is 492 g/mol. The number of piperidine rings is 1. The summed E-state index contributed by atoms with van der Waals surface area (Å²) < 4.78 is 6.44. The summed E-state index contributed by atoms with van der Waals surface area (Å²) in [4.78, 5) is 30.3. The predicted molar refractivity (Wildman–Crippen MR) is 127 cm³/mol. The highest BCUT2D eigenvalue weighted by molar-refractivity contribution is 5.98. The minimum Gasteiger partial charge on any atom is -0.504 e. The molecule has 2 bridgehead atoms. The van der Waals surface area contributed by atoms with Gasteiger partial charge in [0, 0.05) is 24.3 Å². The van der Waals surface area contributed by atoms with Gasteiger partial charge in [-0.2, -0.15) is 0 Å². The van der Waals surface area contributed by atoms with Crippen LogP contribution in [0, 0.1) is 16.0 Å². The zero-order valence-corrected chi connectivity index (χ0v) is 19.7. The molecule has 3 fully saturated rings. The number of amides is 1. The Hall–Kier alpha value is -3.24. The van der Waals surface area contributed by atoms with Crippen molar-refractivity contribution in [1.82, 2.24) is 15.2 Å². The van der Waals surface area contributed by atoms with Crippen LogP contribution in [0.3, 0.4) is 0 Å². The number of carbonyl (C=O) groups excluding carboxylic acids is 1. The second kappa shape index (κ2) is 7.39. The number of pyridine rings is 1. The molecule has 10 heteroatoms. The molecule has 3 aliphatic carbocycles. The first-order valence-corrected chi connectivity index (χ1v) is 12.7. The summed E-state index contributed by atoms with van der Waals surface area (Å²) in [6.45, 7) is 1.80. The van der Waals surface area contributed by atoms with E-state index in [0.29, 0.717) is 37.4 Å². The van der Waals surface area contributed by atoms with Crippen molar-refractivity contribution >= 4 is 11.6 Å². The van der Waals surface area contributed by atoms with Crippen LogP contribution in [0.2, 0.25) is 0 Å². The van der Waals surface area contributed by atoms with Gasteiger partial charge in [0.1, 0.15) is 17.9 Å². The molecule has 5 aliphatic rings. The van der Waals surface area contributed by atoms with E-state index in [9.17, 15) is 25.1 Å². The van der Waals surface area contributed by atoms with E-state index in [1.165, 1.54) is 25.1 Å². The number of likely N-dealkylation sites (tertiary alicyclic amines) is 1. The van der Waals surface area contributed by atoms with E-state index in [2.05, 4.69) is 15.2 Å².